The van der Waals surface area contributed by atoms with E-state index >= 15 is 0 Å². The quantitative estimate of drug-likeness (QED) is 0.553. The fraction of sp³-hybridized carbons (Fsp3) is 0.800. The van der Waals surface area contributed by atoms with E-state index in [-0.39, 0.29) is 12.8 Å². The standard InChI is InChI=1S/C5H7FO2/c6-4-1-3(2-4)5(7)8/h3-4H,1-2H2,(H,7,8). The first-order valence-corrected chi connectivity index (χ1v) is 2.57. The van der Waals surface area contributed by atoms with Gasteiger partial charge < -0.3 is 5.11 Å². The number of halogens is 1. The van der Waals surface area contributed by atoms with Crippen molar-refractivity contribution in [3.8, 4) is 0 Å². The molecule has 46 valence electrons. The Morgan fingerprint density at radius 2 is 2.12 bits per heavy atom. The molecule has 1 saturated carbocycles. The van der Waals surface area contributed by atoms with Gasteiger partial charge in [-0.15, -0.1) is 0 Å². The predicted octanol–water partition coefficient (Wildman–Crippen LogP) is 0.819. The maximum absolute atomic E-state index is 11.9. The van der Waals surface area contributed by atoms with Crippen LogP contribution in [0.15, 0.2) is 0 Å². The summed E-state index contributed by atoms with van der Waals surface area (Å²) in [6, 6.07) is 0. The van der Waals surface area contributed by atoms with Crippen LogP contribution in [-0.4, -0.2) is 17.2 Å². The highest BCUT2D eigenvalue weighted by atomic mass is 19.1. The summed E-state index contributed by atoms with van der Waals surface area (Å²) < 4.78 is 11.9. The molecular formula is C5H7FO2. The van der Waals surface area contributed by atoms with Crippen LogP contribution in [0.4, 0.5) is 4.39 Å². The average Bonchev–Trinajstić information content (AvgIpc) is 1.57. The molecule has 0 saturated heterocycles. The van der Waals surface area contributed by atoms with Crippen molar-refractivity contribution < 1.29 is 14.3 Å². The molecule has 0 aliphatic heterocycles. The molecule has 0 bridgehead atoms. The van der Waals surface area contributed by atoms with E-state index in [4.69, 9.17) is 5.11 Å². The van der Waals surface area contributed by atoms with Crippen molar-refractivity contribution >= 4 is 5.97 Å². The number of carbonyl (C=O) groups is 1. The minimum Gasteiger partial charge on any atom is -0.481 e. The van der Waals surface area contributed by atoms with Gasteiger partial charge in [-0.05, 0) is 12.8 Å². The third-order valence-electron chi connectivity index (χ3n) is 1.43. The van der Waals surface area contributed by atoms with Crippen molar-refractivity contribution in [3.63, 3.8) is 0 Å². The van der Waals surface area contributed by atoms with Gasteiger partial charge in [-0.2, -0.15) is 0 Å². The summed E-state index contributed by atoms with van der Waals surface area (Å²) in [5.74, 6) is -1.26. The fourth-order valence-electron chi connectivity index (χ4n) is 0.750. The summed E-state index contributed by atoms with van der Waals surface area (Å²) in [5.41, 5.74) is 0. The number of hydrogen-bond donors (Lipinski definition) is 1. The molecule has 1 fully saturated rings. The van der Waals surface area contributed by atoms with Crippen LogP contribution in [0.2, 0.25) is 0 Å². The third-order valence-corrected chi connectivity index (χ3v) is 1.43. The number of carboxylic acid groups (broad SMARTS) is 1. The molecule has 0 unspecified atom stereocenters. The maximum Gasteiger partial charge on any atom is 0.306 e. The van der Waals surface area contributed by atoms with E-state index < -0.39 is 18.1 Å². The highest BCUT2D eigenvalue weighted by molar-refractivity contribution is 5.71. The zero-order valence-corrected chi connectivity index (χ0v) is 4.30. The van der Waals surface area contributed by atoms with Gasteiger partial charge in [-0.3, -0.25) is 4.79 Å². The van der Waals surface area contributed by atoms with E-state index in [1.54, 1.807) is 0 Å². The summed E-state index contributed by atoms with van der Waals surface area (Å²) in [5, 5.41) is 8.18. The van der Waals surface area contributed by atoms with Crippen LogP contribution in [0.5, 0.6) is 0 Å². The molecular weight excluding hydrogens is 111 g/mol. The van der Waals surface area contributed by atoms with Gasteiger partial charge in [-0.1, -0.05) is 0 Å². The molecule has 2 nitrogen and oxygen atoms in total. The van der Waals surface area contributed by atoms with Crippen molar-refractivity contribution in [3.05, 3.63) is 0 Å². The van der Waals surface area contributed by atoms with Crippen LogP contribution in [0.3, 0.4) is 0 Å². The van der Waals surface area contributed by atoms with Gasteiger partial charge >= 0.3 is 5.97 Å². The maximum atomic E-state index is 11.9. The summed E-state index contributed by atoms with van der Waals surface area (Å²) in [6.07, 6.45) is -0.416. The minimum atomic E-state index is -0.862. The van der Waals surface area contributed by atoms with Gasteiger partial charge in [0.1, 0.15) is 6.17 Å². The number of rotatable bonds is 1. The van der Waals surface area contributed by atoms with E-state index in [1.165, 1.54) is 0 Å². The topological polar surface area (TPSA) is 37.3 Å². The van der Waals surface area contributed by atoms with E-state index in [0.29, 0.717) is 0 Å². The Labute approximate surface area is 46.3 Å². The molecule has 1 N–H and O–H groups in total. The van der Waals surface area contributed by atoms with Crippen LogP contribution >= 0.6 is 0 Å². The summed E-state index contributed by atoms with van der Waals surface area (Å²) in [7, 11) is 0. The van der Waals surface area contributed by atoms with E-state index in [2.05, 4.69) is 0 Å². The minimum absolute atomic E-state index is 0.218. The lowest BCUT2D eigenvalue weighted by molar-refractivity contribution is -0.146. The third kappa shape index (κ3) is 0.804. The molecule has 0 atom stereocenters. The van der Waals surface area contributed by atoms with Crippen molar-refractivity contribution in [2.45, 2.75) is 19.0 Å². The number of aliphatic carboxylic acids is 1. The Hall–Kier alpha value is -0.600. The smallest absolute Gasteiger partial charge is 0.306 e. The van der Waals surface area contributed by atoms with Crippen LogP contribution in [0.25, 0.3) is 0 Å². The summed E-state index contributed by atoms with van der Waals surface area (Å²) in [6.45, 7) is 0. The molecule has 0 heterocycles. The molecule has 0 radical (unpaired) electrons. The highest BCUT2D eigenvalue weighted by Crippen LogP contribution is 2.29. The number of carboxylic acids is 1. The molecule has 0 spiro atoms. The second-order valence-electron chi connectivity index (χ2n) is 2.10. The Morgan fingerprint density at radius 3 is 2.25 bits per heavy atom. The van der Waals surface area contributed by atoms with Gasteiger partial charge in [0.05, 0.1) is 5.92 Å². The zero-order valence-electron chi connectivity index (χ0n) is 4.30. The Morgan fingerprint density at radius 1 is 1.62 bits per heavy atom. The van der Waals surface area contributed by atoms with Crippen LogP contribution in [0.1, 0.15) is 12.8 Å². The molecule has 3 heteroatoms. The zero-order chi connectivity index (χ0) is 6.15. The molecule has 0 aromatic heterocycles. The average molecular weight is 118 g/mol. The summed E-state index contributed by atoms with van der Waals surface area (Å²) in [4.78, 5) is 9.96. The second kappa shape index (κ2) is 1.73. The van der Waals surface area contributed by atoms with Crippen LogP contribution in [0, 0.1) is 5.92 Å². The van der Waals surface area contributed by atoms with Gasteiger partial charge in [0.15, 0.2) is 0 Å². The van der Waals surface area contributed by atoms with Crippen molar-refractivity contribution in [1.82, 2.24) is 0 Å². The molecule has 0 aromatic rings. The van der Waals surface area contributed by atoms with Crippen LogP contribution in [-0.2, 0) is 4.79 Å². The highest BCUT2D eigenvalue weighted by Gasteiger charge is 2.34. The first-order chi connectivity index (χ1) is 3.70. The van der Waals surface area contributed by atoms with Gasteiger partial charge in [-0.25, -0.2) is 4.39 Å². The normalized spacial score (nSPS) is 36.1. The van der Waals surface area contributed by atoms with Crippen molar-refractivity contribution in [2.24, 2.45) is 5.92 Å². The Balaban J connectivity index is 2.25. The second-order valence-corrected chi connectivity index (χ2v) is 2.10. The lowest BCUT2D eigenvalue weighted by Crippen LogP contribution is -2.31. The molecule has 1 rings (SSSR count). The summed E-state index contributed by atoms with van der Waals surface area (Å²) >= 11 is 0. The molecule has 0 aromatic carbocycles. The number of alkyl halides is 1. The van der Waals surface area contributed by atoms with E-state index in [9.17, 15) is 9.18 Å². The molecule has 1 aliphatic rings. The van der Waals surface area contributed by atoms with Crippen molar-refractivity contribution in [2.75, 3.05) is 0 Å². The Bertz CT molecular complexity index is 107. The van der Waals surface area contributed by atoms with Crippen LogP contribution < -0.4 is 0 Å². The first kappa shape index (κ1) is 5.54. The first-order valence-electron chi connectivity index (χ1n) is 2.57. The van der Waals surface area contributed by atoms with Gasteiger partial charge in [0.2, 0.25) is 0 Å². The monoisotopic (exact) mass is 118 g/mol. The molecule has 8 heavy (non-hydrogen) atoms. The fourth-order valence-corrected chi connectivity index (χ4v) is 0.750. The predicted molar refractivity (Wildman–Crippen MR) is 25.3 cm³/mol. The molecule has 0 amide bonds. The van der Waals surface area contributed by atoms with Gasteiger partial charge in [0.25, 0.3) is 0 Å². The largest absolute Gasteiger partial charge is 0.481 e. The molecule has 1 aliphatic carbocycles. The lowest BCUT2D eigenvalue weighted by atomic mass is 9.84. The SMILES string of the molecule is O=C(O)C1CC(F)C1. The van der Waals surface area contributed by atoms with Gasteiger partial charge in [0, 0.05) is 0 Å². The van der Waals surface area contributed by atoms with Crippen molar-refractivity contribution in [1.29, 1.82) is 0 Å². The Kier molecular flexibility index (Phi) is 1.19. The number of hydrogen-bond acceptors (Lipinski definition) is 1. The van der Waals surface area contributed by atoms with E-state index in [1.807, 2.05) is 0 Å². The van der Waals surface area contributed by atoms with E-state index in [0.717, 1.165) is 0 Å². The lowest BCUT2D eigenvalue weighted by Gasteiger charge is -2.24.